The number of hydrogen-bond acceptors (Lipinski definition) is 2. The van der Waals surface area contributed by atoms with Crippen molar-refractivity contribution in [2.75, 3.05) is 7.05 Å². The van der Waals surface area contributed by atoms with Gasteiger partial charge in [-0.3, -0.25) is 9.89 Å². The van der Waals surface area contributed by atoms with E-state index in [0.717, 1.165) is 17.0 Å². The highest BCUT2D eigenvalue weighted by molar-refractivity contribution is 5.96. The Labute approximate surface area is 96.0 Å². The van der Waals surface area contributed by atoms with E-state index in [-0.39, 0.29) is 5.91 Å². The third-order valence-electron chi connectivity index (χ3n) is 3.58. The van der Waals surface area contributed by atoms with E-state index in [1.807, 2.05) is 25.8 Å². The fourth-order valence-corrected chi connectivity index (χ4v) is 2.12. The van der Waals surface area contributed by atoms with Crippen LogP contribution in [-0.4, -0.2) is 34.1 Å². The Morgan fingerprint density at radius 2 is 2.12 bits per heavy atom. The van der Waals surface area contributed by atoms with Crippen LogP contribution in [0.1, 0.15) is 41.5 Å². The number of aromatic amines is 1. The molecule has 0 radical (unpaired) electrons. The second-order valence-corrected chi connectivity index (χ2v) is 4.80. The fraction of sp³-hybridized carbons (Fsp3) is 0.667. The lowest BCUT2D eigenvalue weighted by molar-refractivity contribution is 0.0726. The molecule has 4 nitrogen and oxygen atoms in total. The molecule has 4 heteroatoms. The van der Waals surface area contributed by atoms with E-state index in [9.17, 15) is 4.79 Å². The van der Waals surface area contributed by atoms with Crippen molar-refractivity contribution < 1.29 is 4.79 Å². The second kappa shape index (κ2) is 3.92. The maximum absolute atomic E-state index is 12.3. The van der Waals surface area contributed by atoms with Crippen LogP contribution in [0.3, 0.4) is 0 Å². The van der Waals surface area contributed by atoms with E-state index in [1.54, 1.807) is 0 Å². The summed E-state index contributed by atoms with van der Waals surface area (Å²) in [6.45, 7) is 5.88. The summed E-state index contributed by atoms with van der Waals surface area (Å²) in [6, 6.07) is 0.334. The van der Waals surface area contributed by atoms with Gasteiger partial charge in [-0.25, -0.2) is 0 Å². The Morgan fingerprint density at radius 3 is 2.56 bits per heavy atom. The van der Waals surface area contributed by atoms with Crippen molar-refractivity contribution in [2.24, 2.45) is 5.92 Å². The van der Waals surface area contributed by atoms with E-state index in [0.29, 0.717) is 12.0 Å². The van der Waals surface area contributed by atoms with Crippen LogP contribution in [0.4, 0.5) is 0 Å². The summed E-state index contributed by atoms with van der Waals surface area (Å²) < 4.78 is 0. The molecule has 0 bridgehead atoms. The predicted molar refractivity (Wildman–Crippen MR) is 62.3 cm³/mol. The Bertz CT molecular complexity index is 387. The van der Waals surface area contributed by atoms with Crippen molar-refractivity contribution in [2.45, 2.75) is 39.7 Å². The summed E-state index contributed by atoms with van der Waals surface area (Å²) in [5.74, 6) is 0.782. The molecule has 2 rings (SSSR count). The number of H-pyrrole nitrogens is 1. The largest absolute Gasteiger partial charge is 0.339 e. The van der Waals surface area contributed by atoms with Crippen molar-refractivity contribution >= 4 is 5.91 Å². The fourth-order valence-electron chi connectivity index (χ4n) is 2.12. The van der Waals surface area contributed by atoms with E-state index < -0.39 is 0 Å². The molecule has 0 aliphatic heterocycles. The number of amides is 1. The van der Waals surface area contributed by atoms with Crippen LogP contribution in [0, 0.1) is 19.8 Å². The van der Waals surface area contributed by atoms with Crippen LogP contribution in [0.2, 0.25) is 0 Å². The van der Waals surface area contributed by atoms with Gasteiger partial charge >= 0.3 is 0 Å². The van der Waals surface area contributed by atoms with Gasteiger partial charge in [-0.05, 0) is 39.5 Å². The monoisotopic (exact) mass is 221 g/mol. The van der Waals surface area contributed by atoms with Crippen molar-refractivity contribution in [1.29, 1.82) is 0 Å². The summed E-state index contributed by atoms with van der Waals surface area (Å²) >= 11 is 0. The number of nitrogens with one attached hydrogen (secondary N) is 1. The van der Waals surface area contributed by atoms with Gasteiger partial charge in [0.05, 0.1) is 11.3 Å². The average molecular weight is 221 g/mol. The smallest absolute Gasteiger partial charge is 0.257 e. The standard InChI is InChI=1S/C12H19N3O/c1-7-11(8(2)14-13-7)12(16)15(4)9(3)10-5-6-10/h9-10H,5-6H2,1-4H3,(H,13,14). The average Bonchev–Trinajstić information content (AvgIpc) is 3.03. The van der Waals surface area contributed by atoms with Gasteiger partial charge in [-0.2, -0.15) is 5.10 Å². The molecule has 1 saturated carbocycles. The lowest BCUT2D eigenvalue weighted by atomic mass is 10.1. The van der Waals surface area contributed by atoms with Gasteiger partial charge in [-0.15, -0.1) is 0 Å². The molecule has 1 N–H and O–H groups in total. The minimum absolute atomic E-state index is 0.0863. The van der Waals surface area contributed by atoms with Crippen molar-refractivity contribution in [3.05, 3.63) is 17.0 Å². The summed E-state index contributed by atoms with van der Waals surface area (Å²) in [5.41, 5.74) is 2.38. The first-order valence-corrected chi connectivity index (χ1v) is 5.81. The van der Waals surface area contributed by atoms with Gasteiger partial charge in [0.15, 0.2) is 0 Å². The summed E-state index contributed by atoms with van der Waals surface area (Å²) in [6.07, 6.45) is 2.50. The van der Waals surface area contributed by atoms with Gasteiger partial charge in [0, 0.05) is 18.8 Å². The minimum Gasteiger partial charge on any atom is -0.339 e. The highest BCUT2D eigenvalue weighted by Gasteiger charge is 2.33. The van der Waals surface area contributed by atoms with E-state index >= 15 is 0 Å². The number of nitrogens with zero attached hydrogens (tertiary/aromatic N) is 2. The number of carbonyl (C=O) groups excluding carboxylic acids is 1. The summed E-state index contributed by atoms with van der Waals surface area (Å²) in [7, 11) is 1.89. The molecule has 0 spiro atoms. The molecule has 0 saturated heterocycles. The number of hydrogen-bond donors (Lipinski definition) is 1. The van der Waals surface area contributed by atoms with Crippen LogP contribution in [0.25, 0.3) is 0 Å². The first-order valence-electron chi connectivity index (χ1n) is 5.81. The summed E-state index contributed by atoms with van der Waals surface area (Å²) in [5, 5.41) is 6.93. The van der Waals surface area contributed by atoms with Crippen molar-refractivity contribution in [3.8, 4) is 0 Å². The highest BCUT2D eigenvalue weighted by Crippen LogP contribution is 2.35. The quantitative estimate of drug-likeness (QED) is 0.847. The van der Waals surface area contributed by atoms with Crippen LogP contribution in [0.15, 0.2) is 0 Å². The molecule has 1 fully saturated rings. The van der Waals surface area contributed by atoms with Gasteiger partial charge in [-0.1, -0.05) is 0 Å². The lowest BCUT2D eigenvalue weighted by Crippen LogP contribution is -2.36. The Kier molecular flexibility index (Phi) is 2.74. The van der Waals surface area contributed by atoms with Gasteiger partial charge in [0.1, 0.15) is 0 Å². The third-order valence-corrected chi connectivity index (χ3v) is 3.58. The van der Waals surface area contributed by atoms with Gasteiger partial charge in [0.25, 0.3) is 5.91 Å². The molecular formula is C12H19N3O. The molecule has 16 heavy (non-hydrogen) atoms. The molecule has 1 aromatic rings. The van der Waals surface area contributed by atoms with Crippen LogP contribution in [0.5, 0.6) is 0 Å². The zero-order valence-electron chi connectivity index (χ0n) is 10.4. The summed E-state index contributed by atoms with van der Waals surface area (Å²) in [4.78, 5) is 14.1. The molecule has 1 aliphatic rings. The first-order chi connectivity index (χ1) is 7.52. The molecule has 1 aromatic heterocycles. The molecule has 88 valence electrons. The van der Waals surface area contributed by atoms with Crippen molar-refractivity contribution in [1.82, 2.24) is 15.1 Å². The zero-order chi connectivity index (χ0) is 11.9. The normalized spacial score (nSPS) is 17.2. The Balaban J connectivity index is 2.18. The topological polar surface area (TPSA) is 49.0 Å². The molecule has 1 heterocycles. The van der Waals surface area contributed by atoms with Crippen molar-refractivity contribution in [3.63, 3.8) is 0 Å². The SMILES string of the molecule is Cc1n[nH]c(C)c1C(=O)N(C)C(C)C1CC1. The molecule has 1 unspecified atom stereocenters. The van der Waals surface area contributed by atoms with E-state index in [4.69, 9.17) is 0 Å². The lowest BCUT2D eigenvalue weighted by Gasteiger charge is -2.25. The number of aromatic nitrogens is 2. The van der Waals surface area contributed by atoms with Gasteiger partial charge in [0.2, 0.25) is 0 Å². The molecule has 0 aromatic carbocycles. The Morgan fingerprint density at radius 1 is 1.50 bits per heavy atom. The minimum atomic E-state index is 0.0863. The molecule has 1 atom stereocenters. The molecule has 1 amide bonds. The second-order valence-electron chi connectivity index (χ2n) is 4.80. The number of rotatable bonds is 3. The highest BCUT2D eigenvalue weighted by atomic mass is 16.2. The molecule has 1 aliphatic carbocycles. The van der Waals surface area contributed by atoms with Gasteiger partial charge < -0.3 is 4.90 Å². The Hall–Kier alpha value is -1.32. The van der Waals surface area contributed by atoms with E-state index in [1.165, 1.54) is 12.8 Å². The van der Waals surface area contributed by atoms with Crippen LogP contribution < -0.4 is 0 Å². The number of aryl methyl sites for hydroxylation is 2. The zero-order valence-corrected chi connectivity index (χ0v) is 10.4. The maximum atomic E-state index is 12.3. The maximum Gasteiger partial charge on any atom is 0.257 e. The van der Waals surface area contributed by atoms with E-state index in [2.05, 4.69) is 17.1 Å². The van der Waals surface area contributed by atoms with Crippen LogP contribution >= 0.6 is 0 Å². The van der Waals surface area contributed by atoms with Crippen LogP contribution in [-0.2, 0) is 0 Å². The predicted octanol–water partition coefficient (Wildman–Crippen LogP) is 1.90. The molecular weight excluding hydrogens is 202 g/mol. The number of carbonyl (C=O) groups is 1. The first kappa shape index (κ1) is 11.2. The third kappa shape index (κ3) is 1.84.